The fraction of sp³-hybridized carbons (Fsp3) is 0.333. The highest BCUT2D eigenvalue weighted by molar-refractivity contribution is 6.75. The maximum Gasteiger partial charge on any atom is 0.437 e. The summed E-state index contributed by atoms with van der Waals surface area (Å²) < 4.78 is 76.5. The van der Waals surface area contributed by atoms with Gasteiger partial charge in [0.1, 0.15) is 11.4 Å². The number of hydrogen-bond acceptors (Lipinski definition) is 2. The fourth-order valence-corrected chi connectivity index (χ4v) is 1.74. The largest absolute Gasteiger partial charge is 0.437 e. The molecule has 0 bridgehead atoms. The van der Waals surface area contributed by atoms with E-state index in [1.807, 2.05) is 0 Å². The predicted octanol–water partition coefficient (Wildman–Crippen LogP) is 3.11. The van der Waals surface area contributed by atoms with Crippen LogP contribution >= 0.6 is 11.6 Å². The Morgan fingerprint density at radius 2 is 1.70 bits per heavy atom. The first-order valence-electron chi connectivity index (χ1n) is 4.92. The quantitative estimate of drug-likeness (QED) is 0.734. The zero-order valence-corrected chi connectivity index (χ0v) is 10.3. The van der Waals surface area contributed by atoms with E-state index in [0.717, 1.165) is 0 Å². The lowest BCUT2D eigenvalue weighted by Crippen LogP contribution is -2.22. The van der Waals surface area contributed by atoms with Crippen molar-refractivity contribution in [2.45, 2.75) is 19.3 Å². The molecule has 0 spiro atoms. The SMILES string of the molecule is Cc1cc(C(F)(F)F)n(C2=C(C(F)(F)F)[N]N=C2Cl)n1. The lowest BCUT2D eigenvalue weighted by Gasteiger charge is -2.13. The summed E-state index contributed by atoms with van der Waals surface area (Å²) in [5, 5.41) is 5.53. The van der Waals surface area contributed by atoms with Gasteiger partial charge < -0.3 is 0 Å². The van der Waals surface area contributed by atoms with Gasteiger partial charge in [0.05, 0.1) is 5.69 Å². The molecule has 0 N–H and O–H groups in total. The molecule has 2 rings (SSSR count). The average molecular weight is 318 g/mol. The molecule has 0 aromatic carbocycles. The van der Waals surface area contributed by atoms with Crippen LogP contribution in [0.15, 0.2) is 16.9 Å². The Bertz CT molecular complexity index is 609. The van der Waals surface area contributed by atoms with Crippen molar-refractivity contribution >= 4 is 22.5 Å². The standard InChI is InChI=1S/C9H4ClF6N4/c1-3-2-4(8(11,12)13)20(19-3)5-6(9(14,15)16)17-18-7(5)10/h2H,1H3. The predicted molar refractivity (Wildman–Crippen MR) is 56.7 cm³/mol. The van der Waals surface area contributed by atoms with Gasteiger partial charge in [-0.2, -0.15) is 31.4 Å². The second-order valence-electron chi connectivity index (χ2n) is 3.77. The van der Waals surface area contributed by atoms with Crippen LogP contribution in [0.1, 0.15) is 11.4 Å². The minimum atomic E-state index is -5.00. The Morgan fingerprint density at radius 1 is 1.10 bits per heavy atom. The molecule has 0 saturated heterocycles. The van der Waals surface area contributed by atoms with Gasteiger partial charge in [0.25, 0.3) is 0 Å². The van der Waals surface area contributed by atoms with Crippen molar-refractivity contribution in [2.24, 2.45) is 5.10 Å². The van der Waals surface area contributed by atoms with Crippen LogP contribution < -0.4 is 5.43 Å². The number of nitrogens with zero attached hydrogens (tertiary/aromatic N) is 4. The van der Waals surface area contributed by atoms with Crippen molar-refractivity contribution in [1.82, 2.24) is 15.2 Å². The topological polar surface area (TPSA) is 44.3 Å². The maximum absolute atomic E-state index is 12.8. The van der Waals surface area contributed by atoms with Crippen molar-refractivity contribution < 1.29 is 26.3 Å². The molecular weight excluding hydrogens is 314 g/mol. The Labute approximate surface area is 112 Å². The van der Waals surface area contributed by atoms with E-state index < -0.39 is 34.6 Å². The molecule has 4 nitrogen and oxygen atoms in total. The van der Waals surface area contributed by atoms with Gasteiger partial charge in [0.15, 0.2) is 10.9 Å². The molecule has 1 aliphatic heterocycles. The van der Waals surface area contributed by atoms with Crippen molar-refractivity contribution in [3.05, 3.63) is 23.2 Å². The Hall–Kier alpha value is -1.71. The molecule has 1 aromatic rings. The third-order valence-corrected chi connectivity index (χ3v) is 2.51. The van der Waals surface area contributed by atoms with E-state index in [1.54, 1.807) is 0 Å². The van der Waals surface area contributed by atoms with E-state index in [9.17, 15) is 26.3 Å². The second kappa shape index (κ2) is 4.40. The molecule has 0 saturated carbocycles. The molecule has 1 radical (unpaired) electrons. The summed E-state index contributed by atoms with van der Waals surface area (Å²) >= 11 is 5.42. The average Bonchev–Trinajstić information content (AvgIpc) is 2.79. The van der Waals surface area contributed by atoms with E-state index in [2.05, 4.69) is 15.6 Å². The first-order valence-corrected chi connectivity index (χ1v) is 5.30. The van der Waals surface area contributed by atoms with E-state index in [4.69, 9.17) is 11.6 Å². The van der Waals surface area contributed by atoms with Gasteiger partial charge in [-0.1, -0.05) is 11.6 Å². The molecule has 11 heteroatoms. The minimum Gasteiger partial charge on any atom is -0.223 e. The van der Waals surface area contributed by atoms with Gasteiger partial charge in [-0.05, 0) is 13.0 Å². The highest BCUT2D eigenvalue weighted by atomic mass is 35.5. The van der Waals surface area contributed by atoms with Crippen LogP contribution in [0.3, 0.4) is 0 Å². The lowest BCUT2D eigenvalue weighted by atomic mass is 10.3. The number of halogens is 7. The number of allylic oxidation sites excluding steroid dienone is 2. The Morgan fingerprint density at radius 3 is 2.20 bits per heavy atom. The number of rotatable bonds is 1. The third-order valence-electron chi connectivity index (χ3n) is 2.26. The monoisotopic (exact) mass is 317 g/mol. The summed E-state index contributed by atoms with van der Waals surface area (Å²) in [6.07, 6.45) is -9.90. The van der Waals surface area contributed by atoms with E-state index in [0.29, 0.717) is 6.07 Å². The van der Waals surface area contributed by atoms with E-state index >= 15 is 0 Å². The van der Waals surface area contributed by atoms with Crippen molar-refractivity contribution in [3.63, 3.8) is 0 Å². The lowest BCUT2D eigenvalue weighted by molar-refractivity contribution is -0.142. The van der Waals surface area contributed by atoms with E-state index in [1.165, 1.54) is 6.92 Å². The summed E-state index contributed by atoms with van der Waals surface area (Å²) in [4.78, 5) is 0. The highest BCUT2D eigenvalue weighted by Gasteiger charge is 2.45. The summed E-state index contributed by atoms with van der Waals surface area (Å²) in [6.45, 7) is 1.21. The van der Waals surface area contributed by atoms with Crippen LogP contribution in [0.25, 0.3) is 5.70 Å². The van der Waals surface area contributed by atoms with Gasteiger partial charge in [-0.15, -0.1) is 10.5 Å². The molecular formula is C9H4ClF6N4. The molecule has 1 aliphatic rings. The smallest absolute Gasteiger partial charge is 0.223 e. The third kappa shape index (κ3) is 2.47. The van der Waals surface area contributed by atoms with Crippen LogP contribution in [0.5, 0.6) is 0 Å². The first kappa shape index (κ1) is 14.7. The zero-order valence-electron chi connectivity index (χ0n) is 9.51. The Balaban J connectivity index is 2.69. The Kier molecular flexibility index (Phi) is 3.23. The van der Waals surface area contributed by atoms with Gasteiger partial charge in [0, 0.05) is 0 Å². The van der Waals surface area contributed by atoms with Crippen LogP contribution in [-0.2, 0) is 6.18 Å². The molecule has 0 fully saturated rings. The normalized spacial score (nSPS) is 16.5. The number of alkyl halides is 6. The molecule has 0 aliphatic carbocycles. The summed E-state index contributed by atoms with van der Waals surface area (Å²) in [6, 6.07) is 0.601. The second-order valence-corrected chi connectivity index (χ2v) is 4.12. The maximum atomic E-state index is 12.8. The fourth-order valence-electron chi connectivity index (χ4n) is 1.54. The van der Waals surface area contributed by atoms with Crippen LogP contribution in [0, 0.1) is 6.92 Å². The first-order chi connectivity index (χ1) is 9.01. The van der Waals surface area contributed by atoms with E-state index in [-0.39, 0.29) is 10.4 Å². The molecule has 109 valence electrons. The van der Waals surface area contributed by atoms with Crippen LogP contribution in [0.4, 0.5) is 26.3 Å². The molecule has 2 heterocycles. The number of aromatic nitrogens is 2. The molecule has 1 aromatic heterocycles. The van der Waals surface area contributed by atoms with Crippen molar-refractivity contribution in [1.29, 1.82) is 0 Å². The molecule has 0 atom stereocenters. The van der Waals surface area contributed by atoms with Crippen LogP contribution in [-0.4, -0.2) is 21.1 Å². The summed E-state index contributed by atoms with van der Waals surface area (Å²) in [7, 11) is 0. The van der Waals surface area contributed by atoms with Crippen LogP contribution in [0.2, 0.25) is 0 Å². The van der Waals surface area contributed by atoms with Gasteiger partial charge in [0.2, 0.25) is 0 Å². The molecule has 20 heavy (non-hydrogen) atoms. The molecule has 0 unspecified atom stereocenters. The zero-order chi connectivity index (χ0) is 15.3. The number of hydrogen-bond donors (Lipinski definition) is 0. The molecule has 0 amide bonds. The van der Waals surface area contributed by atoms with Gasteiger partial charge in [-0.25, -0.2) is 4.68 Å². The van der Waals surface area contributed by atoms with Gasteiger partial charge in [-0.3, -0.25) is 0 Å². The number of aryl methyl sites for hydroxylation is 1. The summed E-state index contributed by atoms with van der Waals surface area (Å²) in [5.41, 5.74) is -1.42. The van der Waals surface area contributed by atoms with Gasteiger partial charge >= 0.3 is 12.4 Å². The summed E-state index contributed by atoms with van der Waals surface area (Å²) in [5.74, 6) is 0. The van der Waals surface area contributed by atoms with Crippen molar-refractivity contribution in [3.8, 4) is 0 Å². The highest BCUT2D eigenvalue weighted by Crippen LogP contribution is 2.37. The minimum absolute atomic E-state index is 0.0560. The van der Waals surface area contributed by atoms with Crippen molar-refractivity contribution in [2.75, 3.05) is 0 Å².